The lowest BCUT2D eigenvalue weighted by Gasteiger charge is -2.21. The van der Waals surface area contributed by atoms with Gasteiger partial charge in [-0.05, 0) is 49.6 Å². The van der Waals surface area contributed by atoms with Gasteiger partial charge in [-0.25, -0.2) is 19.0 Å². The Balaban J connectivity index is 1.42. The number of aryl methyl sites for hydroxylation is 1. The van der Waals surface area contributed by atoms with Crippen LogP contribution in [-0.2, 0) is 12.1 Å². The Morgan fingerprint density at radius 2 is 1.79 bits per heavy atom. The first-order chi connectivity index (χ1) is 15.9. The molecule has 0 saturated heterocycles. The molecular formula is C24H24FN7O. The molecule has 9 heteroatoms. The predicted octanol–water partition coefficient (Wildman–Crippen LogP) is 3.64. The number of nitrogens with zero attached hydrogens (tertiary/aromatic N) is 6. The van der Waals surface area contributed by atoms with Gasteiger partial charge in [0.05, 0.1) is 35.5 Å². The summed E-state index contributed by atoms with van der Waals surface area (Å²) in [5.74, 6) is -0.322. The van der Waals surface area contributed by atoms with Crippen molar-refractivity contribution >= 4 is 5.95 Å². The third-order valence-electron chi connectivity index (χ3n) is 6.05. The summed E-state index contributed by atoms with van der Waals surface area (Å²) in [6, 6.07) is 12.4. The van der Waals surface area contributed by atoms with E-state index in [2.05, 4.69) is 25.3 Å². The van der Waals surface area contributed by atoms with Crippen LogP contribution in [0.15, 0.2) is 48.7 Å². The van der Waals surface area contributed by atoms with E-state index < -0.39 is 5.60 Å². The van der Waals surface area contributed by atoms with E-state index in [4.69, 9.17) is 5.73 Å². The van der Waals surface area contributed by atoms with E-state index in [1.54, 1.807) is 42.1 Å². The zero-order valence-corrected chi connectivity index (χ0v) is 18.2. The van der Waals surface area contributed by atoms with Crippen LogP contribution in [0.1, 0.15) is 42.6 Å². The fraction of sp³-hybridized carbons (Fsp3) is 0.292. The van der Waals surface area contributed by atoms with Gasteiger partial charge in [0.15, 0.2) is 0 Å². The summed E-state index contributed by atoms with van der Waals surface area (Å²) in [5, 5.41) is 19.2. The largest absolute Gasteiger partial charge is 0.384 e. The van der Waals surface area contributed by atoms with Gasteiger partial charge < -0.3 is 10.8 Å². The minimum atomic E-state index is -0.844. The molecule has 3 aromatic heterocycles. The number of rotatable bonds is 5. The average molecular weight is 446 g/mol. The van der Waals surface area contributed by atoms with E-state index in [0.29, 0.717) is 40.4 Å². The second-order valence-electron chi connectivity index (χ2n) is 8.49. The van der Waals surface area contributed by atoms with Gasteiger partial charge in [0, 0.05) is 5.56 Å². The summed E-state index contributed by atoms with van der Waals surface area (Å²) in [6.45, 7) is 2.08. The first-order valence-corrected chi connectivity index (χ1v) is 10.9. The highest BCUT2D eigenvalue weighted by molar-refractivity contribution is 5.68. The molecule has 1 aliphatic carbocycles. The maximum absolute atomic E-state index is 14.6. The van der Waals surface area contributed by atoms with Crippen molar-refractivity contribution in [3.8, 4) is 22.6 Å². The van der Waals surface area contributed by atoms with Gasteiger partial charge in [0.25, 0.3) is 0 Å². The Morgan fingerprint density at radius 3 is 2.61 bits per heavy atom. The summed E-state index contributed by atoms with van der Waals surface area (Å²) in [6.07, 6.45) is 5.21. The van der Waals surface area contributed by atoms with E-state index >= 15 is 0 Å². The molecule has 0 amide bonds. The van der Waals surface area contributed by atoms with Gasteiger partial charge in [-0.3, -0.25) is 4.98 Å². The van der Waals surface area contributed by atoms with Crippen LogP contribution >= 0.6 is 0 Å². The van der Waals surface area contributed by atoms with Crippen LogP contribution in [0.5, 0.6) is 0 Å². The molecule has 4 aromatic rings. The molecule has 0 aliphatic heterocycles. The van der Waals surface area contributed by atoms with Crippen molar-refractivity contribution in [3.05, 3.63) is 71.4 Å². The van der Waals surface area contributed by atoms with E-state index in [-0.39, 0.29) is 11.8 Å². The van der Waals surface area contributed by atoms with Crippen LogP contribution in [-0.4, -0.2) is 35.1 Å². The topological polar surface area (TPSA) is 116 Å². The Kier molecular flexibility index (Phi) is 5.33. The summed E-state index contributed by atoms with van der Waals surface area (Å²) < 4.78 is 16.3. The second kappa shape index (κ2) is 8.32. The number of aromatic nitrogens is 6. The molecule has 0 bridgehead atoms. The maximum atomic E-state index is 14.6. The van der Waals surface area contributed by atoms with E-state index in [1.807, 2.05) is 18.2 Å². The highest BCUT2D eigenvalue weighted by Crippen LogP contribution is 2.37. The van der Waals surface area contributed by atoms with Crippen LogP contribution in [0.2, 0.25) is 0 Å². The molecule has 1 aromatic carbocycles. The first kappa shape index (κ1) is 21.1. The maximum Gasteiger partial charge on any atom is 0.221 e. The molecule has 3 heterocycles. The fourth-order valence-electron chi connectivity index (χ4n) is 4.28. The molecule has 0 atom stereocenters. The standard InChI is InChI=1S/C24H24FN7O/c1-15-6-4-8-17(22(15)25)18-12-19(29-23(26)28-18)20-14-32(31-30-20)13-16-7-5-9-21(27-16)24(33)10-2-3-11-24/h4-9,12,14,33H,2-3,10-11,13H2,1H3,(H2,26,28,29). The van der Waals surface area contributed by atoms with Crippen molar-refractivity contribution in [1.82, 2.24) is 29.9 Å². The SMILES string of the molecule is Cc1cccc(-c2cc(-c3cn(Cc4cccc(C5(O)CCCC5)n4)nn3)nc(N)n2)c1F. The monoisotopic (exact) mass is 445 g/mol. The molecule has 3 N–H and O–H groups in total. The first-order valence-electron chi connectivity index (χ1n) is 10.9. The van der Waals surface area contributed by atoms with Crippen molar-refractivity contribution < 1.29 is 9.50 Å². The summed E-state index contributed by atoms with van der Waals surface area (Å²) in [5.41, 5.74) is 8.73. The van der Waals surface area contributed by atoms with Crippen molar-refractivity contribution in [2.75, 3.05) is 5.73 Å². The lowest BCUT2D eigenvalue weighted by atomic mass is 9.97. The number of halogens is 1. The lowest BCUT2D eigenvalue weighted by molar-refractivity contribution is 0.0397. The zero-order chi connectivity index (χ0) is 23.0. The third kappa shape index (κ3) is 4.19. The van der Waals surface area contributed by atoms with Crippen LogP contribution in [0, 0.1) is 12.7 Å². The number of benzene rings is 1. The van der Waals surface area contributed by atoms with Gasteiger partial charge in [-0.15, -0.1) is 5.10 Å². The van der Waals surface area contributed by atoms with Crippen molar-refractivity contribution in [2.24, 2.45) is 0 Å². The third-order valence-corrected chi connectivity index (χ3v) is 6.05. The molecule has 0 spiro atoms. The summed E-state index contributed by atoms with van der Waals surface area (Å²) in [4.78, 5) is 13.1. The minimum Gasteiger partial charge on any atom is -0.384 e. The molecule has 8 nitrogen and oxygen atoms in total. The number of pyridine rings is 1. The Hall–Kier alpha value is -3.72. The fourth-order valence-corrected chi connectivity index (χ4v) is 4.28. The highest BCUT2D eigenvalue weighted by Gasteiger charge is 2.34. The van der Waals surface area contributed by atoms with Gasteiger partial charge >= 0.3 is 0 Å². The molecule has 33 heavy (non-hydrogen) atoms. The van der Waals surface area contributed by atoms with Crippen molar-refractivity contribution in [2.45, 2.75) is 44.8 Å². The molecule has 168 valence electrons. The Bertz CT molecular complexity index is 1310. The summed E-state index contributed by atoms with van der Waals surface area (Å²) >= 11 is 0. The van der Waals surface area contributed by atoms with E-state index in [1.165, 1.54) is 0 Å². The van der Waals surface area contributed by atoms with Crippen LogP contribution < -0.4 is 5.73 Å². The quantitative estimate of drug-likeness (QED) is 0.482. The number of hydrogen-bond acceptors (Lipinski definition) is 7. The number of aliphatic hydroxyl groups is 1. The molecule has 1 aliphatic rings. The van der Waals surface area contributed by atoms with Gasteiger partial charge in [-0.2, -0.15) is 0 Å². The van der Waals surface area contributed by atoms with Crippen LogP contribution in [0.3, 0.4) is 0 Å². The molecular weight excluding hydrogens is 421 g/mol. The number of nitrogens with two attached hydrogens (primary N) is 1. The van der Waals surface area contributed by atoms with E-state index in [9.17, 15) is 9.50 Å². The van der Waals surface area contributed by atoms with Gasteiger partial charge in [0.1, 0.15) is 17.1 Å². The summed E-state index contributed by atoms with van der Waals surface area (Å²) in [7, 11) is 0. The Labute approximate surface area is 190 Å². The number of anilines is 1. The molecule has 1 saturated carbocycles. The highest BCUT2D eigenvalue weighted by atomic mass is 19.1. The van der Waals surface area contributed by atoms with Crippen molar-refractivity contribution in [3.63, 3.8) is 0 Å². The molecule has 0 unspecified atom stereocenters. The zero-order valence-electron chi connectivity index (χ0n) is 18.2. The average Bonchev–Trinajstić information content (AvgIpc) is 3.45. The van der Waals surface area contributed by atoms with E-state index in [0.717, 1.165) is 31.4 Å². The van der Waals surface area contributed by atoms with Gasteiger partial charge in [-0.1, -0.05) is 36.3 Å². The smallest absolute Gasteiger partial charge is 0.221 e. The molecule has 0 radical (unpaired) electrons. The minimum absolute atomic E-state index is 0.0251. The number of nitrogen functional groups attached to an aromatic ring is 1. The Morgan fingerprint density at radius 1 is 1.03 bits per heavy atom. The van der Waals surface area contributed by atoms with Crippen molar-refractivity contribution in [1.29, 1.82) is 0 Å². The van der Waals surface area contributed by atoms with Gasteiger partial charge in [0.2, 0.25) is 5.95 Å². The van der Waals surface area contributed by atoms with Crippen LogP contribution in [0.4, 0.5) is 10.3 Å². The van der Waals surface area contributed by atoms with Crippen LogP contribution in [0.25, 0.3) is 22.6 Å². The normalized spacial score (nSPS) is 15.1. The number of hydrogen-bond donors (Lipinski definition) is 2. The predicted molar refractivity (Wildman–Crippen MR) is 121 cm³/mol. The lowest BCUT2D eigenvalue weighted by Crippen LogP contribution is -2.23. The molecule has 1 fully saturated rings. The second-order valence-corrected chi connectivity index (χ2v) is 8.49. The molecule has 5 rings (SSSR count).